The third-order valence-corrected chi connectivity index (χ3v) is 2.66. The molecule has 1 fully saturated rings. The molecule has 0 bridgehead atoms. The van der Waals surface area contributed by atoms with Gasteiger partial charge in [0.1, 0.15) is 5.82 Å². The van der Waals surface area contributed by atoms with E-state index < -0.39 is 0 Å². The van der Waals surface area contributed by atoms with Crippen LogP contribution in [0.15, 0.2) is 24.3 Å². The van der Waals surface area contributed by atoms with Crippen molar-refractivity contribution in [3.8, 4) is 6.07 Å². The van der Waals surface area contributed by atoms with Crippen LogP contribution in [0.4, 0.5) is 4.39 Å². The molecule has 0 aromatic heterocycles. The Labute approximate surface area is 82.4 Å². The predicted octanol–water partition coefficient (Wildman–Crippen LogP) is 1.65. The molecule has 2 nitrogen and oxygen atoms in total. The first-order valence-electron chi connectivity index (χ1n) is 4.67. The lowest BCUT2D eigenvalue weighted by atomic mass is 9.90. The molecular weight excluding hydrogens is 179 g/mol. The molecular formula is C11H11FN2. The summed E-state index contributed by atoms with van der Waals surface area (Å²) in [6.07, 6.45) is 0. The van der Waals surface area contributed by atoms with E-state index >= 15 is 0 Å². The molecule has 0 saturated carbocycles. The highest BCUT2D eigenvalue weighted by Crippen LogP contribution is 2.27. The highest BCUT2D eigenvalue weighted by atomic mass is 19.1. The summed E-state index contributed by atoms with van der Waals surface area (Å²) in [5.74, 6) is -0.126. The second-order valence-corrected chi connectivity index (χ2v) is 3.56. The van der Waals surface area contributed by atoms with E-state index in [2.05, 4.69) is 11.4 Å². The van der Waals surface area contributed by atoms with Gasteiger partial charge in [-0.25, -0.2) is 4.39 Å². The van der Waals surface area contributed by atoms with Crippen molar-refractivity contribution in [3.05, 3.63) is 35.6 Å². The van der Waals surface area contributed by atoms with Crippen LogP contribution >= 0.6 is 0 Å². The molecule has 1 aliphatic heterocycles. The van der Waals surface area contributed by atoms with Crippen molar-refractivity contribution < 1.29 is 4.39 Å². The summed E-state index contributed by atoms with van der Waals surface area (Å²) >= 11 is 0. The Kier molecular flexibility index (Phi) is 2.47. The fourth-order valence-corrected chi connectivity index (χ4v) is 1.90. The van der Waals surface area contributed by atoms with Crippen LogP contribution in [0.2, 0.25) is 0 Å². The Balaban J connectivity index is 2.27. The molecule has 1 aromatic rings. The summed E-state index contributed by atoms with van der Waals surface area (Å²) < 4.78 is 12.9. The van der Waals surface area contributed by atoms with Gasteiger partial charge < -0.3 is 5.32 Å². The zero-order valence-corrected chi connectivity index (χ0v) is 7.70. The minimum atomic E-state index is -0.230. The number of halogens is 1. The fraction of sp³-hybridized carbons (Fsp3) is 0.364. The third-order valence-electron chi connectivity index (χ3n) is 2.66. The Morgan fingerprint density at radius 3 is 3.00 bits per heavy atom. The second-order valence-electron chi connectivity index (χ2n) is 3.56. The molecule has 72 valence electrons. The average molecular weight is 190 g/mol. The topological polar surface area (TPSA) is 35.8 Å². The smallest absolute Gasteiger partial charge is 0.123 e. The molecule has 1 saturated heterocycles. The first-order chi connectivity index (χ1) is 6.81. The molecule has 14 heavy (non-hydrogen) atoms. The Bertz CT molecular complexity index is 370. The molecule has 0 aliphatic carbocycles. The number of nitriles is 1. The number of nitrogens with one attached hydrogen (secondary N) is 1. The van der Waals surface area contributed by atoms with E-state index in [0.29, 0.717) is 6.54 Å². The van der Waals surface area contributed by atoms with Crippen LogP contribution in [0, 0.1) is 23.1 Å². The van der Waals surface area contributed by atoms with Crippen molar-refractivity contribution >= 4 is 0 Å². The van der Waals surface area contributed by atoms with Crippen LogP contribution in [0.5, 0.6) is 0 Å². The van der Waals surface area contributed by atoms with Crippen LogP contribution in [-0.4, -0.2) is 13.1 Å². The van der Waals surface area contributed by atoms with E-state index in [1.54, 1.807) is 6.07 Å². The lowest BCUT2D eigenvalue weighted by Crippen LogP contribution is -2.08. The van der Waals surface area contributed by atoms with Gasteiger partial charge in [-0.15, -0.1) is 0 Å². The Morgan fingerprint density at radius 1 is 1.43 bits per heavy atom. The van der Waals surface area contributed by atoms with Gasteiger partial charge >= 0.3 is 0 Å². The zero-order chi connectivity index (χ0) is 9.97. The highest BCUT2D eigenvalue weighted by Gasteiger charge is 2.28. The van der Waals surface area contributed by atoms with Gasteiger partial charge in [0.2, 0.25) is 0 Å². The summed E-state index contributed by atoms with van der Waals surface area (Å²) in [6, 6.07) is 8.76. The van der Waals surface area contributed by atoms with E-state index in [1.165, 1.54) is 12.1 Å². The lowest BCUT2D eigenvalue weighted by Gasteiger charge is -2.12. The Morgan fingerprint density at radius 2 is 2.29 bits per heavy atom. The largest absolute Gasteiger partial charge is 0.315 e. The van der Waals surface area contributed by atoms with E-state index in [9.17, 15) is 4.39 Å². The Hall–Kier alpha value is -1.40. The van der Waals surface area contributed by atoms with Crippen molar-refractivity contribution in [2.75, 3.05) is 13.1 Å². The number of nitrogens with zero attached hydrogens (tertiary/aromatic N) is 1. The summed E-state index contributed by atoms with van der Waals surface area (Å²) in [5.41, 5.74) is 0.918. The van der Waals surface area contributed by atoms with Crippen molar-refractivity contribution in [2.24, 2.45) is 5.92 Å². The SMILES string of the molecule is N#C[C@@H]1CNC[C@H]1c1cccc(F)c1. The van der Waals surface area contributed by atoms with Crippen LogP contribution in [0.25, 0.3) is 0 Å². The molecule has 0 radical (unpaired) electrons. The normalized spacial score (nSPS) is 26.0. The number of benzene rings is 1. The molecule has 0 spiro atoms. The van der Waals surface area contributed by atoms with E-state index in [4.69, 9.17) is 5.26 Å². The second kappa shape index (κ2) is 3.77. The zero-order valence-electron chi connectivity index (χ0n) is 7.70. The predicted molar refractivity (Wildman–Crippen MR) is 51.1 cm³/mol. The van der Waals surface area contributed by atoms with Crippen molar-refractivity contribution in [2.45, 2.75) is 5.92 Å². The van der Waals surface area contributed by atoms with E-state index in [-0.39, 0.29) is 17.7 Å². The summed E-state index contributed by atoms with van der Waals surface area (Å²) in [7, 11) is 0. The minimum Gasteiger partial charge on any atom is -0.315 e. The molecule has 1 heterocycles. The third kappa shape index (κ3) is 1.61. The number of rotatable bonds is 1. The first kappa shape index (κ1) is 9.17. The van der Waals surface area contributed by atoms with Gasteiger partial charge in [-0.05, 0) is 17.7 Å². The van der Waals surface area contributed by atoms with Gasteiger partial charge in [0.15, 0.2) is 0 Å². The standard InChI is InChI=1S/C11H11FN2/c12-10-3-1-2-8(4-10)11-7-14-6-9(11)5-13/h1-4,9,11,14H,6-7H2/t9-,11+/m1/s1. The first-order valence-corrected chi connectivity index (χ1v) is 4.67. The van der Waals surface area contributed by atoms with Crippen LogP contribution in [0.1, 0.15) is 11.5 Å². The quantitative estimate of drug-likeness (QED) is 0.731. The number of hydrogen-bond donors (Lipinski definition) is 1. The molecule has 1 aliphatic rings. The van der Waals surface area contributed by atoms with Crippen LogP contribution < -0.4 is 5.32 Å². The maximum atomic E-state index is 12.9. The molecule has 0 amide bonds. The molecule has 3 heteroatoms. The molecule has 1 aromatic carbocycles. The molecule has 1 N–H and O–H groups in total. The van der Waals surface area contributed by atoms with Gasteiger partial charge in [0.05, 0.1) is 12.0 Å². The van der Waals surface area contributed by atoms with Gasteiger partial charge in [-0.3, -0.25) is 0 Å². The van der Waals surface area contributed by atoms with Crippen molar-refractivity contribution in [1.29, 1.82) is 5.26 Å². The molecule has 2 atom stereocenters. The van der Waals surface area contributed by atoms with Crippen LogP contribution in [0.3, 0.4) is 0 Å². The van der Waals surface area contributed by atoms with Gasteiger partial charge in [0, 0.05) is 19.0 Å². The maximum Gasteiger partial charge on any atom is 0.123 e. The monoisotopic (exact) mass is 190 g/mol. The molecule has 2 rings (SSSR count). The van der Waals surface area contributed by atoms with Crippen LogP contribution in [-0.2, 0) is 0 Å². The lowest BCUT2D eigenvalue weighted by molar-refractivity contribution is 0.608. The number of hydrogen-bond acceptors (Lipinski definition) is 2. The summed E-state index contributed by atoms with van der Waals surface area (Å²) in [6.45, 7) is 1.47. The van der Waals surface area contributed by atoms with Crippen molar-refractivity contribution in [3.63, 3.8) is 0 Å². The molecule has 0 unspecified atom stereocenters. The maximum absolute atomic E-state index is 12.9. The fourth-order valence-electron chi connectivity index (χ4n) is 1.90. The minimum absolute atomic E-state index is 0.0307. The summed E-state index contributed by atoms with van der Waals surface area (Å²) in [4.78, 5) is 0. The van der Waals surface area contributed by atoms with Crippen molar-refractivity contribution in [1.82, 2.24) is 5.32 Å². The van der Waals surface area contributed by atoms with Gasteiger partial charge in [0.25, 0.3) is 0 Å². The van der Waals surface area contributed by atoms with E-state index in [0.717, 1.165) is 12.1 Å². The summed E-state index contributed by atoms with van der Waals surface area (Å²) in [5, 5.41) is 12.0. The van der Waals surface area contributed by atoms with Gasteiger partial charge in [-0.2, -0.15) is 5.26 Å². The highest BCUT2D eigenvalue weighted by molar-refractivity contribution is 5.25. The van der Waals surface area contributed by atoms with Gasteiger partial charge in [-0.1, -0.05) is 12.1 Å². The average Bonchev–Trinajstić information content (AvgIpc) is 2.65. The van der Waals surface area contributed by atoms with E-state index in [1.807, 2.05) is 6.07 Å².